The minimum Gasteiger partial charge on any atom is -0.353 e. The van der Waals surface area contributed by atoms with E-state index in [0.29, 0.717) is 18.9 Å². The van der Waals surface area contributed by atoms with Gasteiger partial charge >= 0.3 is 0 Å². The molecule has 3 fully saturated rings. The van der Waals surface area contributed by atoms with Crippen LogP contribution in [0.25, 0.3) is 0 Å². The van der Waals surface area contributed by atoms with Gasteiger partial charge in [0.2, 0.25) is 11.8 Å². The van der Waals surface area contributed by atoms with Gasteiger partial charge < -0.3 is 15.1 Å². The summed E-state index contributed by atoms with van der Waals surface area (Å²) in [6.45, 7) is 6.24. The van der Waals surface area contributed by atoms with Gasteiger partial charge in [-0.1, -0.05) is 25.5 Å². The summed E-state index contributed by atoms with van der Waals surface area (Å²) in [6.07, 6.45) is 3.33. The number of hydrogen-bond acceptors (Lipinski definition) is 3. The van der Waals surface area contributed by atoms with Crippen LogP contribution in [0.3, 0.4) is 0 Å². The zero-order valence-corrected chi connectivity index (χ0v) is 17.9. The van der Waals surface area contributed by atoms with Crippen molar-refractivity contribution >= 4 is 17.7 Å². The number of hydrogen-bond donors (Lipinski definition) is 1. The number of carbonyl (C=O) groups is 3. The first-order valence-corrected chi connectivity index (χ1v) is 10.9. The predicted molar refractivity (Wildman–Crippen MR) is 110 cm³/mol. The van der Waals surface area contributed by atoms with Crippen molar-refractivity contribution < 1.29 is 18.8 Å². The van der Waals surface area contributed by atoms with Crippen molar-refractivity contribution in [1.82, 2.24) is 15.1 Å². The number of fused-ring (bicyclic) bond motifs is 1. The molecule has 1 saturated carbocycles. The third-order valence-electron chi connectivity index (χ3n) is 6.40. The average Bonchev–Trinajstić information content (AvgIpc) is 3.42. The van der Waals surface area contributed by atoms with E-state index in [1.165, 1.54) is 17.0 Å². The van der Waals surface area contributed by atoms with Gasteiger partial charge in [0.15, 0.2) is 0 Å². The molecule has 162 valence electrons. The van der Waals surface area contributed by atoms with E-state index in [0.717, 1.165) is 24.8 Å². The lowest BCUT2D eigenvalue weighted by atomic mass is 9.91. The molecule has 3 amide bonds. The quantitative estimate of drug-likeness (QED) is 0.803. The van der Waals surface area contributed by atoms with Gasteiger partial charge in [-0.25, -0.2) is 4.39 Å². The topological polar surface area (TPSA) is 69.7 Å². The number of piperazine rings is 1. The van der Waals surface area contributed by atoms with Gasteiger partial charge in [0.05, 0.1) is 17.5 Å². The molecule has 0 spiro atoms. The van der Waals surface area contributed by atoms with E-state index in [1.807, 2.05) is 4.90 Å². The van der Waals surface area contributed by atoms with Crippen LogP contribution in [0.5, 0.6) is 0 Å². The van der Waals surface area contributed by atoms with Crippen LogP contribution >= 0.6 is 0 Å². The van der Waals surface area contributed by atoms with Crippen LogP contribution < -0.4 is 5.32 Å². The minimum atomic E-state index is -0.578. The Bertz CT molecular complexity index is 867. The van der Waals surface area contributed by atoms with E-state index < -0.39 is 11.7 Å². The molecule has 1 aliphatic carbocycles. The third-order valence-corrected chi connectivity index (χ3v) is 6.40. The summed E-state index contributed by atoms with van der Waals surface area (Å²) in [5, 5.41) is 3.09. The molecular formula is C23H30FN3O3. The van der Waals surface area contributed by atoms with E-state index in [2.05, 4.69) is 19.2 Å². The standard InChI is InChI=1S/C23H30FN3O3/c1-13(2)8-20-18(22(29)25-15-5-6-15)10-16-11-26(12-21(28)27(16)20)23(30)17-9-14(3)4-7-19(17)24/h4,7,9,13,15-16,18,20H,5-6,8,10-12H2,1-3H3,(H,25,29)/t16-,18-,20-/m0/s1. The Hall–Kier alpha value is -2.44. The van der Waals surface area contributed by atoms with Gasteiger partial charge in [-0.05, 0) is 50.7 Å². The van der Waals surface area contributed by atoms with Crippen LogP contribution in [-0.4, -0.2) is 58.7 Å². The molecule has 6 nitrogen and oxygen atoms in total. The lowest BCUT2D eigenvalue weighted by molar-refractivity contribution is -0.140. The third kappa shape index (κ3) is 4.07. The van der Waals surface area contributed by atoms with Gasteiger partial charge in [0.1, 0.15) is 12.4 Å². The first kappa shape index (κ1) is 20.8. The molecule has 0 radical (unpaired) electrons. The maximum absolute atomic E-state index is 14.2. The minimum absolute atomic E-state index is 0.00370. The van der Waals surface area contributed by atoms with Crippen molar-refractivity contribution in [3.63, 3.8) is 0 Å². The van der Waals surface area contributed by atoms with Crippen molar-refractivity contribution in [3.05, 3.63) is 35.1 Å². The molecule has 1 aromatic carbocycles. The van der Waals surface area contributed by atoms with Crippen molar-refractivity contribution in [2.75, 3.05) is 13.1 Å². The van der Waals surface area contributed by atoms with E-state index >= 15 is 0 Å². The zero-order chi connectivity index (χ0) is 21.6. The molecule has 2 saturated heterocycles. The van der Waals surface area contributed by atoms with Crippen LogP contribution in [0.1, 0.15) is 55.5 Å². The second-order valence-corrected chi connectivity index (χ2v) is 9.45. The molecular weight excluding hydrogens is 385 g/mol. The molecule has 1 aromatic rings. The first-order valence-electron chi connectivity index (χ1n) is 10.9. The Morgan fingerprint density at radius 2 is 2.00 bits per heavy atom. The largest absolute Gasteiger partial charge is 0.353 e. The summed E-state index contributed by atoms with van der Waals surface area (Å²) in [5.41, 5.74) is 0.787. The Balaban J connectivity index is 1.54. The van der Waals surface area contributed by atoms with Gasteiger partial charge in [-0.3, -0.25) is 14.4 Å². The number of aryl methyl sites for hydroxylation is 1. The monoisotopic (exact) mass is 415 g/mol. The second kappa shape index (κ2) is 8.00. The van der Waals surface area contributed by atoms with Crippen LogP contribution in [-0.2, 0) is 9.59 Å². The zero-order valence-electron chi connectivity index (χ0n) is 17.9. The highest BCUT2D eigenvalue weighted by Crippen LogP contribution is 2.37. The normalized spacial score (nSPS) is 26.2. The molecule has 3 aliphatic rings. The second-order valence-electron chi connectivity index (χ2n) is 9.45. The molecule has 2 aliphatic heterocycles. The fourth-order valence-electron chi connectivity index (χ4n) is 4.85. The fraction of sp³-hybridized carbons (Fsp3) is 0.609. The van der Waals surface area contributed by atoms with Crippen LogP contribution in [0.15, 0.2) is 18.2 Å². The summed E-state index contributed by atoms with van der Waals surface area (Å²) in [7, 11) is 0. The van der Waals surface area contributed by atoms with E-state index in [9.17, 15) is 18.8 Å². The summed E-state index contributed by atoms with van der Waals surface area (Å²) >= 11 is 0. The molecule has 0 bridgehead atoms. The SMILES string of the molecule is Cc1ccc(F)c(C(=O)N2CC(=O)N3[C@@H](C[C@H](C(=O)NC4CC4)[C@@H]3CC(C)C)C2)c1. The smallest absolute Gasteiger partial charge is 0.257 e. The first-order chi connectivity index (χ1) is 14.2. The summed E-state index contributed by atoms with van der Waals surface area (Å²) in [5.74, 6) is -1.08. The Morgan fingerprint density at radius 3 is 2.67 bits per heavy atom. The van der Waals surface area contributed by atoms with E-state index in [-0.39, 0.29) is 48.0 Å². The number of carbonyl (C=O) groups excluding carboxylic acids is 3. The van der Waals surface area contributed by atoms with E-state index in [4.69, 9.17) is 0 Å². The molecule has 3 atom stereocenters. The number of nitrogens with one attached hydrogen (secondary N) is 1. The molecule has 2 heterocycles. The van der Waals surface area contributed by atoms with Crippen LogP contribution in [0.4, 0.5) is 4.39 Å². The highest BCUT2D eigenvalue weighted by Gasteiger charge is 2.50. The molecule has 7 heteroatoms. The molecule has 30 heavy (non-hydrogen) atoms. The number of halogens is 1. The molecule has 0 aromatic heterocycles. The molecule has 1 N–H and O–H groups in total. The Kier molecular flexibility index (Phi) is 5.55. The number of nitrogens with zero attached hydrogens (tertiary/aromatic N) is 2. The van der Waals surface area contributed by atoms with Crippen LogP contribution in [0, 0.1) is 24.6 Å². The highest BCUT2D eigenvalue weighted by molar-refractivity contribution is 5.98. The summed E-state index contributed by atoms with van der Waals surface area (Å²) < 4.78 is 14.2. The van der Waals surface area contributed by atoms with Gasteiger partial charge in [-0.15, -0.1) is 0 Å². The van der Waals surface area contributed by atoms with Crippen molar-refractivity contribution in [2.24, 2.45) is 11.8 Å². The summed E-state index contributed by atoms with van der Waals surface area (Å²) in [4.78, 5) is 42.2. The van der Waals surface area contributed by atoms with Gasteiger partial charge in [0.25, 0.3) is 5.91 Å². The number of amides is 3. The molecule has 0 unspecified atom stereocenters. The van der Waals surface area contributed by atoms with Gasteiger partial charge in [-0.2, -0.15) is 0 Å². The van der Waals surface area contributed by atoms with Crippen molar-refractivity contribution in [2.45, 2.75) is 64.6 Å². The van der Waals surface area contributed by atoms with E-state index in [1.54, 1.807) is 13.0 Å². The predicted octanol–water partition coefficient (Wildman–Crippen LogP) is 2.50. The lowest BCUT2D eigenvalue weighted by Gasteiger charge is -2.40. The lowest BCUT2D eigenvalue weighted by Crippen LogP contribution is -2.58. The average molecular weight is 416 g/mol. The number of benzene rings is 1. The summed E-state index contributed by atoms with van der Waals surface area (Å²) in [6, 6.07) is 4.35. The Labute approximate surface area is 176 Å². The maximum Gasteiger partial charge on any atom is 0.257 e. The maximum atomic E-state index is 14.2. The van der Waals surface area contributed by atoms with Crippen molar-refractivity contribution in [1.29, 1.82) is 0 Å². The fourth-order valence-corrected chi connectivity index (χ4v) is 4.85. The Morgan fingerprint density at radius 1 is 1.27 bits per heavy atom. The van der Waals surface area contributed by atoms with Crippen LogP contribution in [0.2, 0.25) is 0 Å². The van der Waals surface area contributed by atoms with Crippen molar-refractivity contribution in [3.8, 4) is 0 Å². The number of rotatable bonds is 5. The molecule has 4 rings (SSSR count). The van der Waals surface area contributed by atoms with Gasteiger partial charge in [0, 0.05) is 18.6 Å². The highest BCUT2D eigenvalue weighted by atomic mass is 19.1.